The average molecular weight is 519 g/mol. The van der Waals surface area contributed by atoms with E-state index in [1.54, 1.807) is 13.2 Å². The molecule has 2 unspecified atom stereocenters. The van der Waals surface area contributed by atoms with E-state index in [-0.39, 0.29) is 24.0 Å². The summed E-state index contributed by atoms with van der Waals surface area (Å²) in [6.45, 7) is 2.78. The first-order valence-corrected chi connectivity index (χ1v) is 14.1. The van der Waals surface area contributed by atoms with Crippen LogP contribution in [0.25, 0.3) is 10.9 Å². The van der Waals surface area contributed by atoms with Crippen molar-refractivity contribution in [1.82, 2.24) is 9.88 Å². The lowest BCUT2D eigenvalue weighted by Gasteiger charge is -2.38. The number of fused-ring (bicyclic) bond motifs is 1. The summed E-state index contributed by atoms with van der Waals surface area (Å²) in [6.07, 6.45) is 9.02. The van der Waals surface area contributed by atoms with Gasteiger partial charge in [-0.3, -0.25) is 14.6 Å². The Balaban J connectivity index is 1.37. The topological polar surface area (TPSA) is 79.7 Å². The fourth-order valence-corrected chi connectivity index (χ4v) is 7.22. The highest BCUT2D eigenvalue weighted by atomic mass is 35.5. The van der Waals surface area contributed by atoms with Gasteiger partial charge in [-0.15, -0.1) is 0 Å². The molecular formula is C27H35ClN2O4S. The summed E-state index contributed by atoms with van der Waals surface area (Å²) in [7, 11) is 1.59. The second-order valence-electron chi connectivity index (χ2n) is 9.81. The Labute approximate surface area is 216 Å². The maximum atomic E-state index is 13.3. The quantitative estimate of drug-likeness (QED) is 0.368. The third-order valence-electron chi connectivity index (χ3n) is 7.53. The number of carbonyl (C=O) groups is 2. The monoisotopic (exact) mass is 518 g/mol. The number of nitrogens with zero attached hydrogens (tertiary/aromatic N) is 2. The number of hydrogen-bond acceptors (Lipinski definition) is 6. The van der Waals surface area contributed by atoms with Crippen LogP contribution in [0.5, 0.6) is 5.75 Å². The van der Waals surface area contributed by atoms with E-state index in [1.165, 1.54) is 31.9 Å². The molecule has 2 aromatic rings. The van der Waals surface area contributed by atoms with Crippen molar-refractivity contribution < 1.29 is 19.4 Å². The van der Waals surface area contributed by atoms with Gasteiger partial charge in [-0.2, -0.15) is 11.8 Å². The lowest BCUT2D eigenvalue weighted by molar-refractivity contribution is -0.139. The van der Waals surface area contributed by atoms with Gasteiger partial charge in [0.25, 0.3) is 0 Å². The van der Waals surface area contributed by atoms with E-state index >= 15 is 0 Å². The molecule has 1 aliphatic heterocycles. The molecule has 1 saturated heterocycles. The summed E-state index contributed by atoms with van der Waals surface area (Å²) in [5.74, 6) is 1.26. The van der Waals surface area contributed by atoms with E-state index in [4.69, 9.17) is 16.3 Å². The third kappa shape index (κ3) is 6.89. The molecule has 0 radical (unpaired) electrons. The fourth-order valence-electron chi connectivity index (χ4n) is 5.60. The minimum Gasteiger partial charge on any atom is -0.497 e. The van der Waals surface area contributed by atoms with Gasteiger partial charge in [0.15, 0.2) is 5.78 Å². The summed E-state index contributed by atoms with van der Waals surface area (Å²) in [5.41, 5.74) is 1.18. The zero-order valence-corrected chi connectivity index (χ0v) is 22.0. The van der Waals surface area contributed by atoms with E-state index in [2.05, 4.69) is 21.6 Å². The van der Waals surface area contributed by atoms with Crippen LogP contribution in [0.15, 0.2) is 24.4 Å². The molecule has 6 nitrogen and oxygen atoms in total. The van der Waals surface area contributed by atoms with Gasteiger partial charge in [-0.25, -0.2) is 0 Å². The number of Topliss-reactive ketones (excluding diaryl/α,β-unsaturated/α-hetero) is 1. The Morgan fingerprint density at radius 2 is 2.03 bits per heavy atom. The molecule has 35 heavy (non-hydrogen) atoms. The van der Waals surface area contributed by atoms with Gasteiger partial charge >= 0.3 is 5.97 Å². The number of aromatic nitrogens is 1. The normalized spacial score (nSPS) is 21.4. The predicted molar refractivity (Wildman–Crippen MR) is 142 cm³/mol. The molecule has 1 aromatic carbocycles. The van der Waals surface area contributed by atoms with E-state index in [0.717, 1.165) is 37.1 Å². The minimum atomic E-state index is -0.760. The molecule has 1 aliphatic carbocycles. The average Bonchev–Trinajstić information content (AvgIpc) is 3.36. The van der Waals surface area contributed by atoms with Crippen LogP contribution >= 0.6 is 23.4 Å². The Bertz CT molecular complexity index is 1040. The second-order valence-corrected chi connectivity index (χ2v) is 11.6. The van der Waals surface area contributed by atoms with Crippen molar-refractivity contribution in [3.63, 3.8) is 0 Å². The number of thioether (sulfide) groups is 1. The van der Waals surface area contributed by atoms with Gasteiger partial charge in [-0.05, 0) is 62.3 Å². The van der Waals surface area contributed by atoms with Crippen molar-refractivity contribution in [1.29, 1.82) is 0 Å². The van der Waals surface area contributed by atoms with E-state index in [0.29, 0.717) is 40.1 Å². The molecule has 2 fully saturated rings. The highest BCUT2D eigenvalue weighted by Crippen LogP contribution is 2.34. The molecule has 190 valence electrons. The number of carbonyl (C=O) groups excluding carboxylic acids is 1. The summed E-state index contributed by atoms with van der Waals surface area (Å²) in [6, 6.07) is 5.44. The smallest absolute Gasteiger partial charge is 0.303 e. The third-order valence-corrected chi connectivity index (χ3v) is 9.17. The molecule has 2 aliphatic rings. The summed E-state index contributed by atoms with van der Waals surface area (Å²) in [4.78, 5) is 31.7. The number of carboxylic acids is 1. The lowest BCUT2D eigenvalue weighted by Crippen LogP contribution is -2.42. The van der Waals surface area contributed by atoms with Crippen LogP contribution in [0.1, 0.15) is 61.7 Å². The molecule has 1 N–H and O–H groups in total. The largest absolute Gasteiger partial charge is 0.497 e. The number of piperidine rings is 1. The van der Waals surface area contributed by atoms with Crippen LogP contribution in [0.3, 0.4) is 0 Å². The molecule has 2 atom stereocenters. The number of ketones is 1. The number of aliphatic carboxylic acids is 1. The van der Waals surface area contributed by atoms with Gasteiger partial charge in [0, 0.05) is 54.1 Å². The first-order chi connectivity index (χ1) is 16.9. The number of benzene rings is 1. The zero-order chi connectivity index (χ0) is 24.8. The number of hydrogen-bond donors (Lipinski definition) is 1. The van der Waals surface area contributed by atoms with Gasteiger partial charge < -0.3 is 14.7 Å². The van der Waals surface area contributed by atoms with Crippen molar-refractivity contribution in [2.45, 2.75) is 56.6 Å². The molecular weight excluding hydrogens is 484 g/mol. The van der Waals surface area contributed by atoms with E-state index in [9.17, 15) is 14.7 Å². The summed E-state index contributed by atoms with van der Waals surface area (Å²) in [5, 5.41) is 11.4. The van der Waals surface area contributed by atoms with Gasteiger partial charge in [0.1, 0.15) is 5.75 Å². The molecule has 8 heteroatoms. The highest BCUT2D eigenvalue weighted by molar-refractivity contribution is 7.99. The Hall–Kier alpha value is -1.83. The Morgan fingerprint density at radius 3 is 2.77 bits per heavy atom. The van der Waals surface area contributed by atoms with Crippen LogP contribution < -0.4 is 4.74 Å². The van der Waals surface area contributed by atoms with Crippen molar-refractivity contribution >= 4 is 46.0 Å². The number of likely N-dealkylation sites (tertiary alicyclic amines) is 1. The second kappa shape index (κ2) is 12.4. The molecule has 0 amide bonds. The van der Waals surface area contributed by atoms with Gasteiger partial charge in [0.05, 0.1) is 17.6 Å². The van der Waals surface area contributed by atoms with Crippen LogP contribution in [-0.2, 0) is 4.79 Å². The zero-order valence-electron chi connectivity index (χ0n) is 20.4. The number of rotatable bonds is 11. The molecule has 2 heterocycles. The number of halogens is 1. The van der Waals surface area contributed by atoms with Crippen LogP contribution in [0.4, 0.5) is 0 Å². The van der Waals surface area contributed by atoms with Crippen molar-refractivity contribution in [3.05, 3.63) is 35.0 Å². The van der Waals surface area contributed by atoms with Crippen molar-refractivity contribution in [2.75, 3.05) is 32.5 Å². The standard InChI is InChI=1S/C27H35ClN2O4S/c1-34-20-7-8-24-22(15-20)27(23(28)16-29-24)25(31)9-6-18-10-11-30(17-19(18)14-26(32)33)12-13-35-21-4-2-3-5-21/h7-8,15-16,18-19,21H,2-6,9-14,17H2,1H3,(H,32,33). The molecule has 1 aromatic heterocycles. The number of ether oxygens (including phenoxy) is 1. The van der Waals surface area contributed by atoms with Crippen molar-refractivity contribution in [3.8, 4) is 5.75 Å². The first kappa shape index (κ1) is 26.2. The van der Waals surface area contributed by atoms with Crippen molar-refractivity contribution in [2.24, 2.45) is 11.8 Å². The fraction of sp³-hybridized carbons (Fsp3) is 0.593. The predicted octanol–water partition coefficient (Wildman–Crippen LogP) is 5.95. The lowest BCUT2D eigenvalue weighted by atomic mass is 9.79. The van der Waals surface area contributed by atoms with Crippen LogP contribution in [0.2, 0.25) is 5.02 Å². The molecule has 0 spiro atoms. The maximum absolute atomic E-state index is 13.3. The first-order valence-electron chi connectivity index (χ1n) is 12.7. The van der Waals surface area contributed by atoms with Crippen LogP contribution in [0, 0.1) is 11.8 Å². The highest BCUT2D eigenvalue weighted by Gasteiger charge is 2.31. The van der Waals surface area contributed by atoms with Gasteiger partial charge in [-0.1, -0.05) is 24.4 Å². The van der Waals surface area contributed by atoms with Crippen LogP contribution in [-0.4, -0.2) is 64.5 Å². The molecule has 4 rings (SSSR count). The molecule has 0 bridgehead atoms. The van der Waals surface area contributed by atoms with E-state index in [1.807, 2.05) is 12.1 Å². The Morgan fingerprint density at radius 1 is 1.23 bits per heavy atom. The molecule has 1 saturated carbocycles. The number of methoxy groups -OCH3 is 1. The van der Waals surface area contributed by atoms with Gasteiger partial charge in [0.2, 0.25) is 0 Å². The number of pyridine rings is 1. The number of carboxylic acid groups (broad SMARTS) is 1. The Kier molecular flexibility index (Phi) is 9.31. The summed E-state index contributed by atoms with van der Waals surface area (Å²) < 4.78 is 5.33. The van der Waals surface area contributed by atoms with E-state index < -0.39 is 5.97 Å². The summed E-state index contributed by atoms with van der Waals surface area (Å²) >= 11 is 8.50. The maximum Gasteiger partial charge on any atom is 0.303 e. The minimum absolute atomic E-state index is 0.0277. The SMILES string of the molecule is COc1ccc2ncc(Cl)c(C(=O)CCC3CCN(CCSC4CCCC4)CC3CC(=O)O)c2c1.